The highest BCUT2D eigenvalue weighted by atomic mass is 16.5. The molecule has 0 aromatic carbocycles. The Morgan fingerprint density at radius 2 is 2.05 bits per heavy atom. The van der Waals surface area contributed by atoms with E-state index in [1.54, 1.807) is 0 Å². The van der Waals surface area contributed by atoms with Gasteiger partial charge in [0, 0.05) is 44.4 Å². The van der Waals surface area contributed by atoms with Gasteiger partial charge in [-0.3, -0.25) is 4.90 Å². The Balaban J connectivity index is 2.04. The summed E-state index contributed by atoms with van der Waals surface area (Å²) in [6, 6.07) is 1.34. The lowest BCUT2D eigenvalue weighted by Gasteiger charge is -2.54. The summed E-state index contributed by atoms with van der Waals surface area (Å²) >= 11 is 0. The van der Waals surface area contributed by atoms with Gasteiger partial charge in [0.25, 0.3) is 0 Å². The van der Waals surface area contributed by atoms with E-state index in [0.29, 0.717) is 17.6 Å². The molecular formula is C17H34N2O. The number of hydrogen-bond acceptors (Lipinski definition) is 3. The Morgan fingerprint density at radius 1 is 1.30 bits per heavy atom. The Bertz CT molecular complexity index is 276. The van der Waals surface area contributed by atoms with Crippen molar-refractivity contribution in [1.82, 2.24) is 10.2 Å². The Hall–Kier alpha value is -0.120. The van der Waals surface area contributed by atoms with Crippen molar-refractivity contribution in [2.45, 2.75) is 82.8 Å². The van der Waals surface area contributed by atoms with Crippen molar-refractivity contribution < 1.29 is 4.74 Å². The molecule has 0 amide bonds. The SMILES string of the molecule is CCCC1CN(C(C)CCOC)C2(CCCCC2)CN1. The summed E-state index contributed by atoms with van der Waals surface area (Å²) in [5, 5.41) is 3.85. The molecule has 1 aliphatic heterocycles. The van der Waals surface area contributed by atoms with Crippen LogP contribution in [0.1, 0.15) is 65.2 Å². The topological polar surface area (TPSA) is 24.5 Å². The lowest BCUT2D eigenvalue weighted by Crippen LogP contribution is -2.67. The molecule has 0 radical (unpaired) electrons. The third-order valence-corrected chi connectivity index (χ3v) is 5.44. The molecule has 1 heterocycles. The van der Waals surface area contributed by atoms with E-state index in [2.05, 4.69) is 24.1 Å². The molecule has 2 atom stereocenters. The molecule has 3 nitrogen and oxygen atoms in total. The van der Waals surface area contributed by atoms with Crippen molar-refractivity contribution in [3.63, 3.8) is 0 Å². The van der Waals surface area contributed by atoms with Gasteiger partial charge in [0.05, 0.1) is 0 Å². The van der Waals surface area contributed by atoms with Crippen LogP contribution in [0.5, 0.6) is 0 Å². The molecule has 1 N–H and O–H groups in total. The molecule has 0 aromatic rings. The van der Waals surface area contributed by atoms with Crippen LogP contribution in [0.2, 0.25) is 0 Å². The molecule has 2 rings (SSSR count). The molecule has 0 aromatic heterocycles. The van der Waals surface area contributed by atoms with Crippen LogP contribution in [0, 0.1) is 0 Å². The first-order valence-electron chi connectivity index (χ1n) is 8.71. The number of piperazine rings is 1. The zero-order chi connectivity index (χ0) is 14.4. The van der Waals surface area contributed by atoms with Gasteiger partial charge in [0.1, 0.15) is 0 Å². The fraction of sp³-hybridized carbons (Fsp3) is 1.00. The highest BCUT2D eigenvalue weighted by Crippen LogP contribution is 2.37. The van der Waals surface area contributed by atoms with Gasteiger partial charge in [-0.1, -0.05) is 32.6 Å². The van der Waals surface area contributed by atoms with Crippen molar-refractivity contribution in [2.75, 3.05) is 26.8 Å². The average molecular weight is 282 g/mol. The Labute approximate surface area is 125 Å². The summed E-state index contributed by atoms with van der Waals surface area (Å²) in [6.45, 7) is 8.03. The van der Waals surface area contributed by atoms with E-state index in [1.165, 1.54) is 58.0 Å². The molecule has 2 aliphatic rings. The fourth-order valence-electron chi connectivity index (χ4n) is 4.24. The van der Waals surface area contributed by atoms with E-state index in [9.17, 15) is 0 Å². The standard InChI is InChI=1S/C17H34N2O/c1-4-8-16-13-19(15(2)9-12-20-3)17(14-18-16)10-6-5-7-11-17/h15-16,18H,4-14H2,1-3H3. The van der Waals surface area contributed by atoms with Gasteiger partial charge in [-0.25, -0.2) is 0 Å². The summed E-state index contributed by atoms with van der Waals surface area (Å²) in [4.78, 5) is 2.85. The van der Waals surface area contributed by atoms with Crippen molar-refractivity contribution in [2.24, 2.45) is 0 Å². The zero-order valence-corrected chi connectivity index (χ0v) is 13.8. The van der Waals surface area contributed by atoms with Gasteiger partial charge in [0.2, 0.25) is 0 Å². The van der Waals surface area contributed by atoms with E-state index >= 15 is 0 Å². The maximum Gasteiger partial charge on any atom is 0.0477 e. The largest absolute Gasteiger partial charge is 0.385 e. The van der Waals surface area contributed by atoms with Crippen molar-refractivity contribution >= 4 is 0 Å². The van der Waals surface area contributed by atoms with Crippen molar-refractivity contribution in [1.29, 1.82) is 0 Å². The van der Waals surface area contributed by atoms with Crippen molar-refractivity contribution in [3.8, 4) is 0 Å². The van der Waals surface area contributed by atoms with Crippen LogP contribution in [0.4, 0.5) is 0 Å². The van der Waals surface area contributed by atoms with Gasteiger partial charge >= 0.3 is 0 Å². The second-order valence-electron chi connectivity index (χ2n) is 6.93. The number of methoxy groups -OCH3 is 1. The molecule has 118 valence electrons. The third kappa shape index (κ3) is 3.75. The Morgan fingerprint density at radius 3 is 2.70 bits per heavy atom. The predicted molar refractivity (Wildman–Crippen MR) is 85.2 cm³/mol. The van der Waals surface area contributed by atoms with Gasteiger partial charge in [-0.05, 0) is 32.6 Å². The van der Waals surface area contributed by atoms with E-state index in [4.69, 9.17) is 4.74 Å². The number of nitrogens with one attached hydrogen (secondary N) is 1. The molecule has 0 bridgehead atoms. The van der Waals surface area contributed by atoms with Crippen LogP contribution >= 0.6 is 0 Å². The maximum atomic E-state index is 5.31. The molecule has 2 unspecified atom stereocenters. The first-order valence-corrected chi connectivity index (χ1v) is 8.71. The monoisotopic (exact) mass is 282 g/mol. The highest BCUT2D eigenvalue weighted by molar-refractivity contribution is 5.02. The Kier molecular flexibility index (Phi) is 6.31. The molecule has 1 spiro atoms. The van der Waals surface area contributed by atoms with Crippen molar-refractivity contribution in [3.05, 3.63) is 0 Å². The minimum Gasteiger partial charge on any atom is -0.385 e. The lowest BCUT2D eigenvalue weighted by molar-refractivity contribution is -0.0265. The molecule has 3 heteroatoms. The van der Waals surface area contributed by atoms with E-state index < -0.39 is 0 Å². The summed E-state index contributed by atoms with van der Waals surface area (Å²) in [6.07, 6.45) is 10.8. The summed E-state index contributed by atoms with van der Waals surface area (Å²) in [5.41, 5.74) is 0.440. The number of hydrogen-bond donors (Lipinski definition) is 1. The highest BCUT2D eigenvalue weighted by Gasteiger charge is 2.43. The van der Waals surface area contributed by atoms with Gasteiger partial charge in [-0.15, -0.1) is 0 Å². The molecule has 1 saturated carbocycles. The first kappa shape index (κ1) is 16.3. The summed E-state index contributed by atoms with van der Waals surface area (Å²) in [5.74, 6) is 0. The second kappa shape index (κ2) is 7.77. The molecule has 2 fully saturated rings. The maximum absolute atomic E-state index is 5.31. The minimum atomic E-state index is 0.440. The van der Waals surface area contributed by atoms with Crippen LogP contribution in [-0.2, 0) is 4.74 Å². The molecule has 20 heavy (non-hydrogen) atoms. The van der Waals surface area contributed by atoms with E-state index in [-0.39, 0.29) is 0 Å². The van der Waals surface area contributed by atoms with Crippen LogP contribution in [0.3, 0.4) is 0 Å². The zero-order valence-electron chi connectivity index (χ0n) is 13.8. The van der Waals surface area contributed by atoms with E-state index in [0.717, 1.165) is 13.0 Å². The average Bonchev–Trinajstić information content (AvgIpc) is 2.48. The van der Waals surface area contributed by atoms with Gasteiger partial charge < -0.3 is 10.1 Å². The first-order chi connectivity index (χ1) is 9.72. The molecule has 1 saturated heterocycles. The van der Waals surface area contributed by atoms with Crippen LogP contribution < -0.4 is 5.32 Å². The van der Waals surface area contributed by atoms with Gasteiger partial charge in [-0.2, -0.15) is 0 Å². The third-order valence-electron chi connectivity index (χ3n) is 5.44. The number of nitrogens with zero attached hydrogens (tertiary/aromatic N) is 1. The smallest absolute Gasteiger partial charge is 0.0477 e. The van der Waals surface area contributed by atoms with Crippen LogP contribution in [0.25, 0.3) is 0 Å². The number of rotatable bonds is 6. The van der Waals surface area contributed by atoms with Crippen LogP contribution in [-0.4, -0.2) is 49.3 Å². The second-order valence-corrected chi connectivity index (χ2v) is 6.93. The fourth-order valence-corrected chi connectivity index (χ4v) is 4.24. The molecular weight excluding hydrogens is 248 g/mol. The van der Waals surface area contributed by atoms with Gasteiger partial charge in [0.15, 0.2) is 0 Å². The normalized spacial score (nSPS) is 28.6. The quantitative estimate of drug-likeness (QED) is 0.810. The van der Waals surface area contributed by atoms with Crippen LogP contribution in [0.15, 0.2) is 0 Å². The minimum absolute atomic E-state index is 0.440. The predicted octanol–water partition coefficient (Wildman–Crippen LogP) is 3.19. The molecule has 1 aliphatic carbocycles. The number of ether oxygens (including phenoxy) is 1. The summed E-state index contributed by atoms with van der Waals surface area (Å²) in [7, 11) is 1.82. The summed E-state index contributed by atoms with van der Waals surface area (Å²) < 4.78 is 5.31. The van der Waals surface area contributed by atoms with E-state index in [1.807, 2.05) is 7.11 Å². The lowest BCUT2D eigenvalue weighted by atomic mass is 9.77.